The van der Waals surface area contributed by atoms with Gasteiger partial charge in [-0.1, -0.05) is 36.4 Å². The summed E-state index contributed by atoms with van der Waals surface area (Å²) in [7, 11) is 0. The van der Waals surface area contributed by atoms with Crippen LogP contribution in [0.4, 0.5) is 0 Å². The average Bonchev–Trinajstić information content (AvgIpc) is 2.72. The number of carbonyl (C=O) groups is 2. The minimum absolute atomic E-state index is 0.108. The number of fused-ring (bicyclic) bond motifs is 2. The Morgan fingerprint density at radius 2 is 1.72 bits per heavy atom. The van der Waals surface area contributed by atoms with Crippen molar-refractivity contribution in [2.75, 3.05) is 0 Å². The van der Waals surface area contributed by atoms with E-state index in [-0.39, 0.29) is 18.4 Å². The topological polar surface area (TPSA) is 112 Å². The van der Waals surface area contributed by atoms with Crippen molar-refractivity contribution in [3.05, 3.63) is 80.5 Å². The van der Waals surface area contributed by atoms with Gasteiger partial charge in [-0.2, -0.15) is 0 Å². The van der Waals surface area contributed by atoms with Crippen molar-refractivity contribution in [2.24, 2.45) is 0 Å². The van der Waals surface area contributed by atoms with E-state index >= 15 is 0 Å². The standard InChI is InChI=1S/C21H19N3O5/c1-12(24-19(26)15-8-4-5-9-16(15)22-21(24)29)18(25)23-11-14-7-3-2-6-13(14)10-17(23)20(27)28/h2-9,12,17H,10-11H2,1H3,(H,22,29)(H,27,28)/t12-,17-/m1/s1. The first-order valence-corrected chi connectivity index (χ1v) is 9.22. The van der Waals surface area contributed by atoms with Crippen LogP contribution in [-0.2, 0) is 22.6 Å². The molecular formula is C21H19N3O5. The average molecular weight is 393 g/mol. The van der Waals surface area contributed by atoms with E-state index in [1.165, 1.54) is 11.8 Å². The lowest BCUT2D eigenvalue weighted by atomic mass is 9.93. The predicted octanol–water partition coefficient (Wildman–Crippen LogP) is 1.29. The molecule has 2 aromatic carbocycles. The van der Waals surface area contributed by atoms with Crippen LogP contribution in [-0.4, -0.2) is 37.5 Å². The summed E-state index contributed by atoms with van der Waals surface area (Å²) in [4.78, 5) is 54.2. The van der Waals surface area contributed by atoms with Crippen LogP contribution >= 0.6 is 0 Å². The van der Waals surface area contributed by atoms with Crippen LogP contribution in [0.2, 0.25) is 0 Å². The van der Waals surface area contributed by atoms with Gasteiger partial charge >= 0.3 is 11.7 Å². The lowest BCUT2D eigenvalue weighted by molar-refractivity contribution is -0.152. The summed E-state index contributed by atoms with van der Waals surface area (Å²) < 4.78 is 0.851. The zero-order valence-corrected chi connectivity index (χ0v) is 15.7. The first-order chi connectivity index (χ1) is 13.9. The van der Waals surface area contributed by atoms with Crippen LogP contribution in [0, 0.1) is 0 Å². The van der Waals surface area contributed by atoms with E-state index in [9.17, 15) is 24.3 Å². The molecule has 3 aromatic rings. The summed E-state index contributed by atoms with van der Waals surface area (Å²) in [5.74, 6) is -1.71. The minimum Gasteiger partial charge on any atom is -0.480 e. The highest BCUT2D eigenvalue weighted by molar-refractivity contribution is 5.87. The molecule has 2 heterocycles. The Balaban J connectivity index is 1.76. The third-order valence-corrected chi connectivity index (χ3v) is 5.40. The van der Waals surface area contributed by atoms with Crippen LogP contribution in [0.25, 0.3) is 10.9 Å². The van der Waals surface area contributed by atoms with E-state index in [1.807, 2.05) is 24.3 Å². The zero-order chi connectivity index (χ0) is 20.7. The second kappa shape index (κ2) is 7.05. The third-order valence-electron chi connectivity index (χ3n) is 5.40. The maximum Gasteiger partial charge on any atom is 0.329 e. The van der Waals surface area contributed by atoms with E-state index in [0.29, 0.717) is 5.52 Å². The predicted molar refractivity (Wildman–Crippen MR) is 106 cm³/mol. The molecule has 0 spiro atoms. The zero-order valence-electron chi connectivity index (χ0n) is 15.7. The number of carbonyl (C=O) groups excluding carboxylic acids is 1. The molecule has 29 heavy (non-hydrogen) atoms. The molecule has 1 aliphatic heterocycles. The molecule has 2 N–H and O–H groups in total. The number of aliphatic carboxylic acids is 1. The van der Waals surface area contributed by atoms with Crippen LogP contribution in [0.1, 0.15) is 24.1 Å². The number of carboxylic acid groups (broad SMARTS) is 1. The summed E-state index contributed by atoms with van der Waals surface area (Å²) in [6.07, 6.45) is 0.174. The first kappa shape index (κ1) is 18.7. The molecule has 4 rings (SSSR count). The summed E-state index contributed by atoms with van der Waals surface area (Å²) in [5, 5.41) is 9.94. The van der Waals surface area contributed by atoms with Crippen molar-refractivity contribution in [3.63, 3.8) is 0 Å². The fourth-order valence-corrected chi connectivity index (χ4v) is 3.85. The Hall–Kier alpha value is -3.68. The van der Waals surface area contributed by atoms with E-state index in [2.05, 4.69) is 4.98 Å². The van der Waals surface area contributed by atoms with E-state index in [0.717, 1.165) is 15.7 Å². The monoisotopic (exact) mass is 393 g/mol. The lowest BCUT2D eigenvalue weighted by Crippen LogP contribution is -2.52. The number of aromatic nitrogens is 2. The Morgan fingerprint density at radius 3 is 2.45 bits per heavy atom. The van der Waals surface area contributed by atoms with E-state index in [4.69, 9.17) is 0 Å². The summed E-state index contributed by atoms with van der Waals surface area (Å²) in [5.41, 5.74) is 0.810. The molecule has 0 aliphatic carbocycles. The molecule has 1 aromatic heterocycles. The highest BCUT2D eigenvalue weighted by Gasteiger charge is 2.37. The first-order valence-electron chi connectivity index (χ1n) is 9.22. The summed E-state index contributed by atoms with van der Waals surface area (Å²) >= 11 is 0. The van der Waals surface area contributed by atoms with Gasteiger partial charge in [-0.05, 0) is 30.2 Å². The van der Waals surface area contributed by atoms with Crippen molar-refractivity contribution < 1.29 is 14.7 Å². The fraction of sp³-hybridized carbons (Fsp3) is 0.238. The Kier molecular flexibility index (Phi) is 4.54. The number of carboxylic acids is 1. The van der Waals surface area contributed by atoms with Gasteiger partial charge in [0.15, 0.2) is 0 Å². The molecule has 0 unspecified atom stereocenters. The van der Waals surface area contributed by atoms with Crippen LogP contribution < -0.4 is 11.2 Å². The number of benzene rings is 2. The minimum atomic E-state index is -1.15. The van der Waals surface area contributed by atoms with Gasteiger partial charge in [0.2, 0.25) is 5.91 Å². The number of H-pyrrole nitrogens is 1. The van der Waals surface area contributed by atoms with Gasteiger partial charge in [-0.15, -0.1) is 0 Å². The molecule has 8 nitrogen and oxygen atoms in total. The molecule has 0 bridgehead atoms. The Morgan fingerprint density at radius 1 is 1.07 bits per heavy atom. The largest absolute Gasteiger partial charge is 0.480 e. The second-order valence-electron chi connectivity index (χ2n) is 7.12. The van der Waals surface area contributed by atoms with E-state index in [1.54, 1.807) is 24.3 Å². The Labute approximate surface area is 165 Å². The molecule has 0 saturated carbocycles. The number of aromatic amines is 1. The highest BCUT2D eigenvalue weighted by atomic mass is 16.4. The maximum absolute atomic E-state index is 13.2. The smallest absolute Gasteiger partial charge is 0.329 e. The highest BCUT2D eigenvalue weighted by Crippen LogP contribution is 2.25. The fourth-order valence-electron chi connectivity index (χ4n) is 3.85. The summed E-state index contributed by atoms with van der Waals surface area (Å²) in [6, 6.07) is 11.7. The maximum atomic E-state index is 13.2. The van der Waals surface area contributed by atoms with Crippen LogP contribution in [0.3, 0.4) is 0 Å². The van der Waals surface area contributed by atoms with Crippen LogP contribution in [0.15, 0.2) is 58.1 Å². The van der Waals surface area contributed by atoms with Crippen molar-refractivity contribution in [3.8, 4) is 0 Å². The number of nitrogens with zero attached hydrogens (tertiary/aromatic N) is 2. The van der Waals surface area contributed by atoms with Gasteiger partial charge < -0.3 is 15.0 Å². The van der Waals surface area contributed by atoms with Gasteiger partial charge in [0.1, 0.15) is 12.1 Å². The molecule has 148 valence electrons. The molecule has 0 saturated heterocycles. The van der Waals surface area contributed by atoms with Gasteiger partial charge in [-0.25, -0.2) is 14.2 Å². The Bertz CT molecular complexity index is 1240. The van der Waals surface area contributed by atoms with Crippen molar-refractivity contribution >= 4 is 22.8 Å². The molecular weight excluding hydrogens is 374 g/mol. The molecule has 0 radical (unpaired) electrons. The molecule has 0 fully saturated rings. The number of rotatable bonds is 3. The quantitative estimate of drug-likeness (QED) is 0.696. The van der Waals surface area contributed by atoms with Crippen LogP contribution in [0.5, 0.6) is 0 Å². The summed E-state index contributed by atoms with van der Waals surface area (Å²) in [6.45, 7) is 1.55. The molecule has 2 atom stereocenters. The molecule has 8 heteroatoms. The SMILES string of the molecule is C[C@H](C(=O)N1Cc2ccccc2C[C@@H]1C(=O)O)n1c(=O)[nH]c2ccccc2c1=O. The molecule has 1 amide bonds. The number of amides is 1. The normalized spacial score (nSPS) is 17.0. The van der Waals surface area contributed by atoms with E-state index < -0.39 is 35.2 Å². The number of hydrogen-bond acceptors (Lipinski definition) is 4. The lowest BCUT2D eigenvalue weighted by Gasteiger charge is -2.36. The number of nitrogens with one attached hydrogen (secondary N) is 1. The van der Waals surface area contributed by atoms with Gasteiger partial charge in [0.05, 0.1) is 10.9 Å². The van der Waals surface area contributed by atoms with Gasteiger partial charge in [0, 0.05) is 13.0 Å². The second-order valence-corrected chi connectivity index (χ2v) is 7.12. The van der Waals surface area contributed by atoms with Crippen molar-refractivity contribution in [1.82, 2.24) is 14.5 Å². The van der Waals surface area contributed by atoms with Crippen molar-refractivity contribution in [1.29, 1.82) is 0 Å². The van der Waals surface area contributed by atoms with Gasteiger partial charge in [0.25, 0.3) is 5.56 Å². The van der Waals surface area contributed by atoms with Gasteiger partial charge in [-0.3, -0.25) is 9.59 Å². The van der Waals surface area contributed by atoms with Crippen molar-refractivity contribution in [2.45, 2.75) is 32.0 Å². The molecule has 1 aliphatic rings. The number of para-hydroxylation sites is 1. The third kappa shape index (κ3) is 3.12. The number of hydrogen-bond donors (Lipinski definition) is 2.